The van der Waals surface area contributed by atoms with Crippen molar-refractivity contribution in [1.29, 1.82) is 0 Å². The first-order chi connectivity index (χ1) is 12.2. The van der Waals surface area contributed by atoms with Crippen molar-refractivity contribution in [2.75, 3.05) is 0 Å². The molecule has 0 amide bonds. The van der Waals surface area contributed by atoms with E-state index in [0.29, 0.717) is 17.3 Å². The molecule has 3 nitrogen and oxygen atoms in total. The van der Waals surface area contributed by atoms with Gasteiger partial charge in [0.25, 0.3) is 0 Å². The Morgan fingerprint density at radius 2 is 2.04 bits per heavy atom. The van der Waals surface area contributed by atoms with Crippen LogP contribution in [0, 0.1) is 11.7 Å². The van der Waals surface area contributed by atoms with Crippen LogP contribution in [0.5, 0.6) is 0 Å². The van der Waals surface area contributed by atoms with Crippen LogP contribution in [0.15, 0.2) is 48.2 Å². The Balaban J connectivity index is 1.92. The van der Waals surface area contributed by atoms with Gasteiger partial charge in [0.15, 0.2) is 0 Å². The molecule has 136 valence electrons. The minimum atomic E-state index is -4.67. The Bertz CT molecular complexity index is 915. The van der Waals surface area contributed by atoms with Crippen LogP contribution in [0.3, 0.4) is 0 Å². The summed E-state index contributed by atoms with van der Waals surface area (Å²) >= 11 is 0. The molecule has 3 rings (SSSR count). The number of halogens is 4. The van der Waals surface area contributed by atoms with Crippen LogP contribution in [0.1, 0.15) is 24.8 Å². The quantitative estimate of drug-likeness (QED) is 0.606. The standard InChI is InChI=1S/C19H15F4NO2/c20-13-5-6-17-15(9-13)14(7-8-24-17)11-1-3-12(4-2-11)16(18(25)26)10-19(21,22)23/h1,5-10,12H,2-4H2,(H,25,26)/b16-10+. The maximum Gasteiger partial charge on any atom is 0.410 e. The Morgan fingerprint density at radius 1 is 1.27 bits per heavy atom. The topological polar surface area (TPSA) is 50.2 Å². The number of carboxylic acids is 1. The van der Waals surface area contributed by atoms with Crippen molar-refractivity contribution in [3.63, 3.8) is 0 Å². The summed E-state index contributed by atoms with van der Waals surface area (Å²) in [4.78, 5) is 15.4. The van der Waals surface area contributed by atoms with E-state index in [1.807, 2.05) is 0 Å². The summed E-state index contributed by atoms with van der Waals surface area (Å²) in [5, 5.41) is 9.73. The Hall–Kier alpha value is -2.70. The summed E-state index contributed by atoms with van der Waals surface area (Å²) in [6.45, 7) is 0. The van der Waals surface area contributed by atoms with Gasteiger partial charge in [-0.1, -0.05) is 6.08 Å². The fraction of sp³-hybridized carbons (Fsp3) is 0.263. The first kappa shape index (κ1) is 18.1. The van der Waals surface area contributed by atoms with E-state index < -0.39 is 29.5 Å². The molecule has 1 atom stereocenters. The van der Waals surface area contributed by atoms with Gasteiger partial charge in [0.05, 0.1) is 5.52 Å². The number of nitrogens with zero attached hydrogens (tertiary/aromatic N) is 1. The van der Waals surface area contributed by atoms with Gasteiger partial charge in [0.2, 0.25) is 0 Å². The number of hydrogen-bond donors (Lipinski definition) is 1. The SMILES string of the molecule is O=C(O)/C(=C/C(F)(F)F)C1CC=C(c2ccnc3ccc(F)cc23)CC1. The molecule has 1 aliphatic carbocycles. The fourth-order valence-corrected chi connectivity index (χ4v) is 3.29. The minimum Gasteiger partial charge on any atom is -0.478 e. The number of pyridine rings is 1. The molecule has 2 aromatic rings. The van der Waals surface area contributed by atoms with E-state index in [0.717, 1.165) is 11.1 Å². The van der Waals surface area contributed by atoms with Crippen molar-refractivity contribution in [2.24, 2.45) is 5.92 Å². The molecule has 0 saturated heterocycles. The molecule has 0 bridgehead atoms. The number of rotatable bonds is 3. The van der Waals surface area contributed by atoms with E-state index in [-0.39, 0.29) is 18.9 Å². The molecule has 0 saturated carbocycles. The molecule has 1 aromatic carbocycles. The Morgan fingerprint density at radius 3 is 2.65 bits per heavy atom. The van der Waals surface area contributed by atoms with Gasteiger partial charge in [0.1, 0.15) is 5.82 Å². The molecule has 1 aromatic heterocycles. The number of carbonyl (C=O) groups is 1. The molecule has 1 N–H and O–H groups in total. The molecule has 7 heteroatoms. The predicted octanol–water partition coefficient (Wildman–Crippen LogP) is 5.13. The zero-order valence-corrected chi connectivity index (χ0v) is 13.6. The molecule has 0 spiro atoms. The summed E-state index contributed by atoms with van der Waals surface area (Å²) in [5.74, 6) is -2.66. The lowest BCUT2D eigenvalue weighted by Gasteiger charge is -2.23. The highest BCUT2D eigenvalue weighted by atomic mass is 19.4. The van der Waals surface area contributed by atoms with E-state index in [1.165, 1.54) is 12.1 Å². The van der Waals surface area contributed by atoms with E-state index in [4.69, 9.17) is 5.11 Å². The van der Waals surface area contributed by atoms with Gasteiger partial charge in [0, 0.05) is 23.2 Å². The first-order valence-electron chi connectivity index (χ1n) is 8.01. The third-order valence-corrected chi connectivity index (χ3v) is 4.47. The third-order valence-electron chi connectivity index (χ3n) is 4.47. The van der Waals surface area contributed by atoms with Crippen LogP contribution in [0.25, 0.3) is 16.5 Å². The Labute approximate surface area is 146 Å². The van der Waals surface area contributed by atoms with E-state index in [1.54, 1.807) is 24.4 Å². The fourth-order valence-electron chi connectivity index (χ4n) is 3.29. The van der Waals surface area contributed by atoms with Crippen LogP contribution in [-0.4, -0.2) is 22.2 Å². The van der Waals surface area contributed by atoms with Crippen molar-refractivity contribution in [3.05, 3.63) is 59.6 Å². The number of aromatic nitrogens is 1. The van der Waals surface area contributed by atoms with Gasteiger partial charge < -0.3 is 5.11 Å². The third kappa shape index (κ3) is 3.92. The highest BCUT2D eigenvalue weighted by Gasteiger charge is 2.31. The smallest absolute Gasteiger partial charge is 0.410 e. The van der Waals surface area contributed by atoms with Gasteiger partial charge in [-0.3, -0.25) is 4.98 Å². The number of alkyl halides is 3. The highest BCUT2D eigenvalue weighted by molar-refractivity contribution is 5.92. The summed E-state index contributed by atoms with van der Waals surface area (Å²) in [7, 11) is 0. The molecule has 0 radical (unpaired) electrons. The largest absolute Gasteiger partial charge is 0.478 e. The number of aliphatic carboxylic acids is 1. The van der Waals surface area contributed by atoms with Crippen molar-refractivity contribution in [1.82, 2.24) is 4.98 Å². The van der Waals surface area contributed by atoms with Gasteiger partial charge in [-0.15, -0.1) is 0 Å². The van der Waals surface area contributed by atoms with Crippen molar-refractivity contribution in [2.45, 2.75) is 25.4 Å². The van der Waals surface area contributed by atoms with Crippen LogP contribution in [-0.2, 0) is 4.79 Å². The lowest BCUT2D eigenvalue weighted by Crippen LogP contribution is -2.18. The van der Waals surface area contributed by atoms with Crippen LogP contribution >= 0.6 is 0 Å². The highest BCUT2D eigenvalue weighted by Crippen LogP contribution is 2.37. The van der Waals surface area contributed by atoms with Crippen LogP contribution < -0.4 is 0 Å². The number of allylic oxidation sites excluding steroid dienone is 3. The number of fused-ring (bicyclic) bond motifs is 1. The van der Waals surface area contributed by atoms with Crippen LogP contribution in [0.4, 0.5) is 17.6 Å². The second kappa shape index (κ2) is 6.90. The second-order valence-electron chi connectivity index (χ2n) is 6.17. The molecular formula is C19H15F4NO2. The normalized spacial score (nSPS) is 18.7. The predicted molar refractivity (Wildman–Crippen MR) is 88.8 cm³/mol. The lowest BCUT2D eigenvalue weighted by molar-refractivity contribution is -0.134. The number of benzene rings is 1. The molecular weight excluding hydrogens is 350 g/mol. The van der Waals surface area contributed by atoms with Crippen molar-refractivity contribution >= 4 is 22.4 Å². The second-order valence-corrected chi connectivity index (χ2v) is 6.17. The Kier molecular flexibility index (Phi) is 4.80. The van der Waals surface area contributed by atoms with Crippen molar-refractivity contribution < 1.29 is 27.5 Å². The average Bonchev–Trinajstić information content (AvgIpc) is 2.58. The maximum absolute atomic E-state index is 13.6. The van der Waals surface area contributed by atoms with Gasteiger partial charge in [-0.05, 0) is 60.6 Å². The zero-order valence-electron chi connectivity index (χ0n) is 13.6. The number of carboxylic acid groups (broad SMARTS) is 1. The van der Waals surface area contributed by atoms with Gasteiger partial charge in [-0.2, -0.15) is 13.2 Å². The molecule has 1 heterocycles. The molecule has 0 fully saturated rings. The minimum absolute atomic E-state index is 0.129. The molecule has 0 aliphatic heterocycles. The maximum atomic E-state index is 13.6. The lowest BCUT2D eigenvalue weighted by atomic mass is 9.81. The molecule has 1 aliphatic rings. The van der Waals surface area contributed by atoms with Gasteiger partial charge in [-0.25, -0.2) is 9.18 Å². The van der Waals surface area contributed by atoms with E-state index >= 15 is 0 Å². The molecule has 26 heavy (non-hydrogen) atoms. The van der Waals surface area contributed by atoms with Gasteiger partial charge >= 0.3 is 12.1 Å². The van der Waals surface area contributed by atoms with E-state index in [9.17, 15) is 22.4 Å². The monoisotopic (exact) mass is 365 g/mol. The number of hydrogen-bond acceptors (Lipinski definition) is 2. The summed E-state index contributed by atoms with van der Waals surface area (Å²) in [5.41, 5.74) is 1.62. The molecule has 1 unspecified atom stereocenters. The summed E-state index contributed by atoms with van der Waals surface area (Å²) < 4.78 is 51.3. The van der Waals surface area contributed by atoms with E-state index in [2.05, 4.69) is 4.98 Å². The van der Waals surface area contributed by atoms with Crippen LogP contribution in [0.2, 0.25) is 0 Å². The average molecular weight is 365 g/mol. The summed E-state index contributed by atoms with van der Waals surface area (Å²) in [6, 6.07) is 5.98. The first-order valence-corrected chi connectivity index (χ1v) is 8.01. The van der Waals surface area contributed by atoms with Crippen molar-refractivity contribution in [3.8, 4) is 0 Å². The zero-order chi connectivity index (χ0) is 18.9. The summed E-state index contributed by atoms with van der Waals surface area (Å²) in [6.07, 6.45) is -0.604.